The first-order valence-corrected chi connectivity index (χ1v) is 8.04. The first kappa shape index (κ1) is 14.0. The summed E-state index contributed by atoms with van der Waals surface area (Å²) >= 11 is 1.69. The minimum absolute atomic E-state index is 0.742. The average molecular weight is 267 g/mol. The lowest BCUT2D eigenvalue weighted by atomic mass is 9.90. The summed E-state index contributed by atoms with van der Waals surface area (Å²) in [6.07, 6.45) is 6.53. The summed E-state index contributed by atoms with van der Waals surface area (Å²) < 4.78 is 0. The van der Waals surface area contributed by atoms with Crippen molar-refractivity contribution in [3.8, 4) is 0 Å². The average Bonchev–Trinajstić information content (AvgIpc) is 2.89. The monoisotopic (exact) mass is 267 g/mol. The normalized spacial score (nSPS) is 24.6. The number of hydrogen-bond acceptors (Lipinski definition) is 4. The molecule has 102 valence electrons. The van der Waals surface area contributed by atoms with Gasteiger partial charge in [0.05, 0.1) is 11.2 Å². The molecule has 0 bridgehead atoms. The molecule has 0 aliphatic heterocycles. The molecule has 18 heavy (non-hydrogen) atoms. The number of hydrogen-bond donors (Lipinski definition) is 1. The summed E-state index contributed by atoms with van der Waals surface area (Å²) in [4.78, 5) is 6.85. The second-order valence-electron chi connectivity index (χ2n) is 5.35. The van der Waals surface area contributed by atoms with Crippen molar-refractivity contribution in [1.82, 2.24) is 15.2 Å². The Morgan fingerprint density at radius 1 is 1.39 bits per heavy atom. The molecule has 1 aromatic rings. The second kappa shape index (κ2) is 7.22. The van der Waals surface area contributed by atoms with Gasteiger partial charge in [-0.05, 0) is 45.7 Å². The number of thiazole rings is 1. The minimum Gasteiger partial charge on any atom is -0.314 e. The lowest BCUT2D eigenvalue weighted by Gasteiger charge is -2.34. The number of nitrogens with zero attached hydrogens (tertiary/aromatic N) is 2. The molecule has 0 amide bonds. The molecule has 0 atom stereocenters. The van der Waals surface area contributed by atoms with Crippen LogP contribution in [0.3, 0.4) is 0 Å². The van der Waals surface area contributed by atoms with Crippen molar-refractivity contribution in [2.75, 3.05) is 13.6 Å². The van der Waals surface area contributed by atoms with E-state index in [0.717, 1.165) is 18.6 Å². The summed E-state index contributed by atoms with van der Waals surface area (Å²) in [6, 6.07) is 1.50. The lowest BCUT2D eigenvalue weighted by molar-refractivity contribution is 0.166. The maximum atomic E-state index is 4.37. The van der Waals surface area contributed by atoms with E-state index >= 15 is 0 Å². The van der Waals surface area contributed by atoms with E-state index in [1.54, 1.807) is 11.3 Å². The summed E-state index contributed by atoms with van der Waals surface area (Å²) in [7, 11) is 2.24. The predicted octanol–water partition coefficient (Wildman–Crippen LogP) is 2.89. The fourth-order valence-corrected chi connectivity index (χ4v) is 3.32. The van der Waals surface area contributed by atoms with Gasteiger partial charge in [0, 0.05) is 24.0 Å². The van der Waals surface area contributed by atoms with Crippen molar-refractivity contribution in [3.05, 3.63) is 16.6 Å². The van der Waals surface area contributed by atoms with E-state index < -0.39 is 0 Å². The molecule has 4 heteroatoms. The lowest BCUT2D eigenvalue weighted by Crippen LogP contribution is -2.40. The van der Waals surface area contributed by atoms with Crippen molar-refractivity contribution in [3.63, 3.8) is 0 Å². The van der Waals surface area contributed by atoms with Gasteiger partial charge in [0.1, 0.15) is 0 Å². The standard InChI is InChI=1S/C14H25N3S/c1-3-8-15-12-4-6-14(7-5-12)17(2)9-13-10-18-11-16-13/h10-12,14-15H,3-9H2,1-2H3. The molecule has 0 saturated heterocycles. The van der Waals surface area contributed by atoms with Crippen LogP contribution in [-0.4, -0.2) is 35.6 Å². The first-order chi connectivity index (χ1) is 8.79. The summed E-state index contributed by atoms with van der Waals surface area (Å²) in [5.74, 6) is 0. The highest BCUT2D eigenvalue weighted by molar-refractivity contribution is 7.07. The highest BCUT2D eigenvalue weighted by Gasteiger charge is 2.23. The molecule has 1 saturated carbocycles. The Morgan fingerprint density at radius 2 is 2.17 bits per heavy atom. The van der Waals surface area contributed by atoms with Crippen molar-refractivity contribution in [1.29, 1.82) is 0 Å². The number of aromatic nitrogens is 1. The maximum absolute atomic E-state index is 4.37. The van der Waals surface area contributed by atoms with Crippen molar-refractivity contribution < 1.29 is 0 Å². The topological polar surface area (TPSA) is 28.2 Å². The zero-order chi connectivity index (χ0) is 12.8. The molecule has 1 aromatic heterocycles. The van der Waals surface area contributed by atoms with Gasteiger partial charge in [0.15, 0.2) is 0 Å². The van der Waals surface area contributed by atoms with E-state index in [-0.39, 0.29) is 0 Å². The van der Waals surface area contributed by atoms with Gasteiger partial charge in [-0.3, -0.25) is 4.90 Å². The summed E-state index contributed by atoms with van der Waals surface area (Å²) in [5, 5.41) is 5.80. The van der Waals surface area contributed by atoms with E-state index in [0.29, 0.717) is 0 Å². The minimum atomic E-state index is 0.742. The van der Waals surface area contributed by atoms with E-state index in [4.69, 9.17) is 0 Å². The van der Waals surface area contributed by atoms with Crippen LogP contribution in [0.25, 0.3) is 0 Å². The van der Waals surface area contributed by atoms with Crippen LogP contribution < -0.4 is 5.32 Å². The molecule has 1 aliphatic rings. The zero-order valence-electron chi connectivity index (χ0n) is 11.6. The van der Waals surface area contributed by atoms with Crippen LogP contribution in [0.15, 0.2) is 10.9 Å². The SMILES string of the molecule is CCCNC1CCC(N(C)Cc2cscn2)CC1. The second-order valence-corrected chi connectivity index (χ2v) is 6.07. The van der Waals surface area contributed by atoms with Gasteiger partial charge >= 0.3 is 0 Å². The van der Waals surface area contributed by atoms with Crippen LogP contribution >= 0.6 is 11.3 Å². The van der Waals surface area contributed by atoms with Crippen LogP contribution in [-0.2, 0) is 6.54 Å². The fourth-order valence-electron chi connectivity index (χ4n) is 2.77. The van der Waals surface area contributed by atoms with Crippen LogP contribution in [0.2, 0.25) is 0 Å². The highest BCUT2D eigenvalue weighted by Crippen LogP contribution is 2.23. The van der Waals surface area contributed by atoms with Crippen LogP contribution in [0, 0.1) is 0 Å². The first-order valence-electron chi connectivity index (χ1n) is 7.10. The zero-order valence-corrected chi connectivity index (χ0v) is 12.4. The Bertz CT molecular complexity index is 318. The molecule has 0 spiro atoms. The molecule has 2 rings (SSSR count). The third-order valence-corrected chi connectivity index (χ3v) is 4.53. The van der Waals surface area contributed by atoms with Gasteiger partial charge in [-0.15, -0.1) is 11.3 Å². The van der Waals surface area contributed by atoms with Gasteiger partial charge in [-0.1, -0.05) is 6.92 Å². The number of rotatable bonds is 6. The van der Waals surface area contributed by atoms with Gasteiger partial charge in [0.2, 0.25) is 0 Å². The Kier molecular flexibility index (Phi) is 5.60. The van der Waals surface area contributed by atoms with Gasteiger partial charge in [-0.25, -0.2) is 4.98 Å². The Morgan fingerprint density at radius 3 is 2.78 bits per heavy atom. The number of nitrogens with one attached hydrogen (secondary N) is 1. The molecule has 0 aromatic carbocycles. The van der Waals surface area contributed by atoms with Crippen LogP contribution in [0.5, 0.6) is 0 Å². The van der Waals surface area contributed by atoms with Gasteiger partial charge in [-0.2, -0.15) is 0 Å². The Labute approximate surface area is 115 Å². The van der Waals surface area contributed by atoms with Gasteiger partial charge in [0.25, 0.3) is 0 Å². The van der Waals surface area contributed by atoms with E-state index in [9.17, 15) is 0 Å². The Hall–Kier alpha value is -0.450. The molecule has 1 aliphatic carbocycles. The highest BCUT2D eigenvalue weighted by atomic mass is 32.1. The Balaban J connectivity index is 1.72. The largest absolute Gasteiger partial charge is 0.314 e. The maximum Gasteiger partial charge on any atom is 0.0795 e. The summed E-state index contributed by atoms with van der Waals surface area (Å²) in [6.45, 7) is 4.41. The van der Waals surface area contributed by atoms with Crippen LogP contribution in [0.4, 0.5) is 0 Å². The summed E-state index contributed by atoms with van der Waals surface area (Å²) in [5.41, 5.74) is 3.14. The quantitative estimate of drug-likeness (QED) is 0.859. The van der Waals surface area contributed by atoms with Crippen molar-refractivity contribution in [2.24, 2.45) is 0 Å². The molecule has 1 N–H and O–H groups in total. The predicted molar refractivity (Wildman–Crippen MR) is 77.9 cm³/mol. The molecule has 1 heterocycles. The molecular formula is C14H25N3S. The molecule has 1 fully saturated rings. The van der Waals surface area contributed by atoms with Gasteiger partial charge < -0.3 is 5.32 Å². The smallest absolute Gasteiger partial charge is 0.0795 e. The molecular weight excluding hydrogens is 242 g/mol. The van der Waals surface area contributed by atoms with E-state index in [1.165, 1.54) is 44.3 Å². The van der Waals surface area contributed by atoms with Crippen molar-refractivity contribution >= 4 is 11.3 Å². The van der Waals surface area contributed by atoms with Crippen LogP contribution in [0.1, 0.15) is 44.7 Å². The fraction of sp³-hybridized carbons (Fsp3) is 0.786. The molecule has 0 radical (unpaired) electrons. The molecule has 0 unspecified atom stereocenters. The molecule has 3 nitrogen and oxygen atoms in total. The van der Waals surface area contributed by atoms with Crippen molar-refractivity contribution in [2.45, 2.75) is 57.7 Å². The van der Waals surface area contributed by atoms with E-state index in [1.807, 2.05) is 5.51 Å². The third kappa shape index (κ3) is 4.04. The third-order valence-electron chi connectivity index (χ3n) is 3.90. The van der Waals surface area contributed by atoms with E-state index in [2.05, 4.69) is 34.6 Å².